The summed E-state index contributed by atoms with van der Waals surface area (Å²) in [6, 6.07) is 13.1. The lowest BCUT2D eigenvalue weighted by Gasteiger charge is -2.09. The van der Waals surface area contributed by atoms with Gasteiger partial charge < -0.3 is 14.2 Å². The summed E-state index contributed by atoms with van der Waals surface area (Å²) in [6.45, 7) is 2.33. The Morgan fingerprint density at radius 1 is 1.15 bits per heavy atom. The number of ketones is 1. The summed E-state index contributed by atoms with van der Waals surface area (Å²) < 4.78 is 16.0. The van der Waals surface area contributed by atoms with Gasteiger partial charge in [-0.25, -0.2) is 4.98 Å². The van der Waals surface area contributed by atoms with Crippen LogP contribution in [0.2, 0.25) is 0 Å². The van der Waals surface area contributed by atoms with Gasteiger partial charge in [0.05, 0.1) is 18.4 Å². The van der Waals surface area contributed by atoms with Crippen molar-refractivity contribution >= 4 is 28.4 Å². The molecule has 0 bridgehead atoms. The fourth-order valence-corrected chi connectivity index (χ4v) is 3.95. The van der Waals surface area contributed by atoms with Crippen LogP contribution in [0.4, 0.5) is 0 Å². The first-order valence-corrected chi connectivity index (χ1v) is 9.70. The minimum atomic E-state index is 0.0669. The Kier molecular flexibility index (Phi) is 4.90. The number of ether oxygens (including phenoxy) is 3. The van der Waals surface area contributed by atoms with Crippen LogP contribution in [0.3, 0.4) is 0 Å². The van der Waals surface area contributed by atoms with Gasteiger partial charge in [0.2, 0.25) is 6.79 Å². The summed E-state index contributed by atoms with van der Waals surface area (Å²) >= 11 is 1.47. The number of hydrogen-bond acceptors (Lipinski definition) is 6. The molecule has 1 aliphatic rings. The molecule has 5 nitrogen and oxygen atoms in total. The van der Waals surface area contributed by atoms with E-state index in [1.54, 1.807) is 31.4 Å². The number of fused-ring (bicyclic) bond motifs is 2. The van der Waals surface area contributed by atoms with Gasteiger partial charge in [-0.2, -0.15) is 0 Å². The van der Waals surface area contributed by atoms with Gasteiger partial charge in [0.1, 0.15) is 10.8 Å². The van der Waals surface area contributed by atoms with Crippen molar-refractivity contribution in [3.8, 4) is 17.2 Å². The van der Waals surface area contributed by atoms with E-state index in [-0.39, 0.29) is 12.6 Å². The normalized spacial score (nSPS) is 12.4. The predicted octanol–water partition coefficient (Wildman–Crippen LogP) is 4.51. The minimum Gasteiger partial charge on any atom is -0.497 e. The Labute approximate surface area is 161 Å². The molecular weight excluding hydrogens is 362 g/mol. The predicted molar refractivity (Wildman–Crippen MR) is 105 cm³/mol. The summed E-state index contributed by atoms with van der Waals surface area (Å²) in [5.74, 6) is 2.60. The Hall–Kier alpha value is -2.73. The van der Waals surface area contributed by atoms with Gasteiger partial charge in [0, 0.05) is 17.0 Å². The smallest absolute Gasteiger partial charge is 0.231 e. The van der Waals surface area contributed by atoms with Gasteiger partial charge in [0.25, 0.3) is 0 Å². The van der Waals surface area contributed by atoms with Crippen LogP contribution in [0.15, 0.2) is 47.5 Å². The molecule has 0 amide bonds. The highest BCUT2D eigenvalue weighted by Crippen LogP contribution is 2.37. The summed E-state index contributed by atoms with van der Waals surface area (Å²) in [7, 11) is 1.61. The summed E-state index contributed by atoms with van der Waals surface area (Å²) in [6.07, 6.45) is 0.844. The van der Waals surface area contributed by atoms with Crippen molar-refractivity contribution < 1.29 is 19.0 Å². The number of rotatable bonds is 6. The van der Waals surface area contributed by atoms with Crippen molar-refractivity contribution in [1.29, 1.82) is 0 Å². The number of aromatic nitrogens is 1. The number of hydrogen-bond donors (Lipinski definition) is 0. The second-order valence-electron chi connectivity index (χ2n) is 6.14. The lowest BCUT2D eigenvalue weighted by atomic mass is 10.1. The quantitative estimate of drug-likeness (QED) is 0.463. The topological polar surface area (TPSA) is 57.7 Å². The van der Waals surface area contributed by atoms with E-state index in [0.717, 1.165) is 39.4 Å². The highest BCUT2D eigenvalue weighted by Gasteiger charge is 2.17. The molecular formula is C21H19NO4S. The SMILES string of the molecule is CCc1cc2cc3c(cc2nc1SCC(=O)c1ccc(OC)cc1)OCO3. The Balaban J connectivity index is 1.56. The Morgan fingerprint density at radius 2 is 1.89 bits per heavy atom. The van der Waals surface area contributed by atoms with E-state index < -0.39 is 0 Å². The highest BCUT2D eigenvalue weighted by molar-refractivity contribution is 8.00. The number of benzene rings is 2. The molecule has 4 rings (SSSR count). The molecule has 1 aromatic heterocycles. The van der Waals surface area contributed by atoms with E-state index in [2.05, 4.69) is 13.0 Å². The fourth-order valence-electron chi connectivity index (χ4n) is 2.96. The highest BCUT2D eigenvalue weighted by atomic mass is 32.2. The van der Waals surface area contributed by atoms with E-state index in [4.69, 9.17) is 19.2 Å². The molecule has 0 N–H and O–H groups in total. The van der Waals surface area contributed by atoms with E-state index in [0.29, 0.717) is 17.1 Å². The zero-order valence-corrected chi connectivity index (χ0v) is 16.0. The van der Waals surface area contributed by atoms with Gasteiger partial charge in [-0.1, -0.05) is 18.7 Å². The maximum absolute atomic E-state index is 12.5. The molecule has 6 heteroatoms. The molecule has 3 aromatic rings. The van der Waals surface area contributed by atoms with Crippen molar-refractivity contribution in [1.82, 2.24) is 4.98 Å². The molecule has 0 radical (unpaired) electrons. The third-order valence-corrected chi connectivity index (χ3v) is 5.51. The lowest BCUT2D eigenvalue weighted by Crippen LogP contribution is -2.03. The van der Waals surface area contributed by atoms with Gasteiger partial charge in [-0.05, 0) is 48.4 Å². The van der Waals surface area contributed by atoms with Crippen LogP contribution >= 0.6 is 11.8 Å². The van der Waals surface area contributed by atoms with Crippen molar-refractivity contribution in [2.24, 2.45) is 0 Å². The number of Topliss-reactive ketones (excluding diaryl/α,β-unsaturated/α-hetero) is 1. The zero-order valence-electron chi connectivity index (χ0n) is 15.2. The van der Waals surface area contributed by atoms with Crippen LogP contribution in [-0.2, 0) is 6.42 Å². The maximum Gasteiger partial charge on any atom is 0.231 e. The van der Waals surface area contributed by atoms with Crippen molar-refractivity contribution in [3.63, 3.8) is 0 Å². The standard InChI is InChI=1S/C21H19NO4S/c1-3-13-8-15-9-19-20(26-12-25-19)10-17(15)22-21(13)27-11-18(23)14-4-6-16(24-2)7-5-14/h4-10H,3,11-12H2,1-2H3. The van der Waals surface area contributed by atoms with Crippen LogP contribution < -0.4 is 14.2 Å². The van der Waals surface area contributed by atoms with Crippen molar-refractivity contribution in [2.75, 3.05) is 19.7 Å². The third kappa shape index (κ3) is 3.57. The molecule has 0 unspecified atom stereocenters. The molecule has 0 saturated carbocycles. The molecule has 0 atom stereocenters. The number of pyridine rings is 1. The van der Waals surface area contributed by atoms with E-state index >= 15 is 0 Å². The first-order chi connectivity index (χ1) is 13.2. The van der Waals surface area contributed by atoms with Crippen LogP contribution in [0, 0.1) is 0 Å². The fraction of sp³-hybridized carbons (Fsp3) is 0.238. The maximum atomic E-state index is 12.5. The first-order valence-electron chi connectivity index (χ1n) is 8.71. The van der Waals surface area contributed by atoms with Gasteiger partial charge in [-0.3, -0.25) is 4.79 Å². The Bertz CT molecular complexity index is 1000. The summed E-state index contributed by atoms with van der Waals surface area (Å²) in [5, 5.41) is 1.90. The molecule has 0 spiro atoms. The summed E-state index contributed by atoms with van der Waals surface area (Å²) in [5.41, 5.74) is 2.63. The van der Waals surface area contributed by atoms with E-state index in [9.17, 15) is 4.79 Å². The average Bonchev–Trinajstić information content (AvgIpc) is 3.16. The molecule has 27 heavy (non-hydrogen) atoms. The Morgan fingerprint density at radius 3 is 2.59 bits per heavy atom. The van der Waals surface area contributed by atoms with Gasteiger partial charge in [-0.15, -0.1) is 0 Å². The number of methoxy groups -OCH3 is 1. The molecule has 0 saturated heterocycles. The van der Waals surface area contributed by atoms with Gasteiger partial charge in [0.15, 0.2) is 17.3 Å². The molecule has 138 valence electrons. The van der Waals surface area contributed by atoms with Gasteiger partial charge >= 0.3 is 0 Å². The van der Waals surface area contributed by atoms with Crippen LogP contribution in [-0.4, -0.2) is 30.4 Å². The van der Waals surface area contributed by atoms with E-state index in [1.807, 2.05) is 12.1 Å². The molecule has 2 aromatic carbocycles. The first kappa shape index (κ1) is 17.7. The van der Waals surface area contributed by atoms with Crippen molar-refractivity contribution in [2.45, 2.75) is 18.4 Å². The number of thioether (sulfide) groups is 1. The lowest BCUT2D eigenvalue weighted by molar-refractivity contribution is 0.102. The zero-order chi connectivity index (χ0) is 18.8. The largest absolute Gasteiger partial charge is 0.497 e. The number of nitrogens with zero attached hydrogens (tertiary/aromatic N) is 1. The molecule has 2 heterocycles. The van der Waals surface area contributed by atoms with Crippen LogP contribution in [0.25, 0.3) is 10.9 Å². The molecule has 1 aliphatic heterocycles. The van der Waals surface area contributed by atoms with E-state index in [1.165, 1.54) is 11.8 Å². The number of aryl methyl sites for hydroxylation is 1. The second-order valence-corrected chi connectivity index (χ2v) is 7.11. The molecule has 0 fully saturated rings. The monoisotopic (exact) mass is 381 g/mol. The average molecular weight is 381 g/mol. The number of carbonyl (C=O) groups is 1. The van der Waals surface area contributed by atoms with Crippen LogP contribution in [0.1, 0.15) is 22.8 Å². The van der Waals surface area contributed by atoms with Crippen molar-refractivity contribution in [3.05, 3.63) is 53.6 Å². The van der Waals surface area contributed by atoms with Crippen LogP contribution in [0.5, 0.6) is 17.2 Å². The summed E-state index contributed by atoms with van der Waals surface area (Å²) in [4.78, 5) is 17.3. The third-order valence-electron chi connectivity index (χ3n) is 4.48. The molecule has 0 aliphatic carbocycles. The minimum absolute atomic E-state index is 0.0669. The second kappa shape index (κ2) is 7.48. The number of carbonyl (C=O) groups excluding carboxylic acids is 1.